The summed E-state index contributed by atoms with van der Waals surface area (Å²) in [6, 6.07) is -0.383. The van der Waals surface area contributed by atoms with Gasteiger partial charge < -0.3 is 15.7 Å². The summed E-state index contributed by atoms with van der Waals surface area (Å²) in [4.78, 5) is 20.8. The molecule has 0 spiro atoms. The lowest BCUT2D eigenvalue weighted by Crippen LogP contribution is -2.32. The van der Waals surface area contributed by atoms with E-state index in [9.17, 15) is 9.59 Å². The van der Waals surface area contributed by atoms with Crippen LogP contribution in [0, 0.1) is 0 Å². The second-order valence-corrected chi connectivity index (χ2v) is 2.43. The number of carboxylic acids is 1. The third-order valence-corrected chi connectivity index (χ3v) is 1.26. The second kappa shape index (κ2) is 7.15. The number of hydrogen-bond donors (Lipinski definition) is 3. The molecule has 3 N–H and O–H groups in total. The van der Waals surface area contributed by atoms with Crippen LogP contribution in [-0.4, -0.2) is 23.7 Å². The standard InChI is InChI=1S/C8H14N2O3/c1-2-3-5-9-8(13)10-6-4-7(11)12/h4,6H,2-3,5H2,1H3,(H,11,12)(H2,9,10,13)/b6-4+. The Labute approximate surface area is 76.8 Å². The van der Waals surface area contributed by atoms with Crippen molar-refractivity contribution >= 4 is 12.0 Å². The lowest BCUT2D eigenvalue weighted by atomic mass is 10.3. The minimum absolute atomic E-state index is 0.383. The van der Waals surface area contributed by atoms with Gasteiger partial charge in [-0.05, 0) is 6.42 Å². The summed E-state index contributed by atoms with van der Waals surface area (Å²) < 4.78 is 0. The van der Waals surface area contributed by atoms with Gasteiger partial charge in [-0.25, -0.2) is 9.59 Å². The highest BCUT2D eigenvalue weighted by Crippen LogP contribution is 1.81. The van der Waals surface area contributed by atoms with Gasteiger partial charge >= 0.3 is 12.0 Å². The molecular weight excluding hydrogens is 172 g/mol. The van der Waals surface area contributed by atoms with Crippen LogP contribution in [-0.2, 0) is 4.79 Å². The highest BCUT2D eigenvalue weighted by molar-refractivity contribution is 5.81. The SMILES string of the molecule is CCCCNC(=O)N/C=C/C(=O)O. The van der Waals surface area contributed by atoms with E-state index >= 15 is 0 Å². The monoisotopic (exact) mass is 186 g/mol. The van der Waals surface area contributed by atoms with Gasteiger partial charge in [0, 0.05) is 18.8 Å². The van der Waals surface area contributed by atoms with E-state index in [2.05, 4.69) is 10.6 Å². The molecular formula is C8H14N2O3. The molecule has 0 saturated carbocycles. The number of hydrogen-bond acceptors (Lipinski definition) is 2. The molecule has 13 heavy (non-hydrogen) atoms. The number of amides is 2. The van der Waals surface area contributed by atoms with E-state index in [1.54, 1.807) is 0 Å². The predicted octanol–water partition coefficient (Wildman–Crippen LogP) is 0.684. The van der Waals surface area contributed by atoms with Gasteiger partial charge in [-0.2, -0.15) is 0 Å². The summed E-state index contributed by atoms with van der Waals surface area (Å²) in [5.74, 6) is -1.09. The van der Waals surface area contributed by atoms with Crippen LogP contribution >= 0.6 is 0 Å². The molecule has 5 nitrogen and oxygen atoms in total. The van der Waals surface area contributed by atoms with Crippen LogP contribution in [0.25, 0.3) is 0 Å². The van der Waals surface area contributed by atoms with Crippen LogP contribution in [0.4, 0.5) is 4.79 Å². The van der Waals surface area contributed by atoms with Gasteiger partial charge in [0.05, 0.1) is 0 Å². The van der Waals surface area contributed by atoms with Crippen molar-refractivity contribution in [3.8, 4) is 0 Å². The molecule has 0 unspecified atom stereocenters. The average molecular weight is 186 g/mol. The summed E-state index contributed by atoms with van der Waals surface area (Å²) in [6.45, 7) is 2.62. The van der Waals surface area contributed by atoms with E-state index in [0.717, 1.165) is 25.1 Å². The minimum Gasteiger partial charge on any atom is -0.478 e. The molecule has 0 aromatic heterocycles. The molecule has 0 aliphatic carbocycles. The number of carbonyl (C=O) groups excluding carboxylic acids is 1. The summed E-state index contributed by atoms with van der Waals surface area (Å²) in [5.41, 5.74) is 0. The van der Waals surface area contributed by atoms with E-state index in [-0.39, 0.29) is 6.03 Å². The van der Waals surface area contributed by atoms with E-state index in [4.69, 9.17) is 5.11 Å². The van der Waals surface area contributed by atoms with Crippen LogP contribution in [0.5, 0.6) is 0 Å². The molecule has 0 radical (unpaired) electrons. The van der Waals surface area contributed by atoms with E-state index in [1.165, 1.54) is 0 Å². The molecule has 5 heteroatoms. The minimum atomic E-state index is -1.09. The Bertz CT molecular complexity index is 202. The second-order valence-electron chi connectivity index (χ2n) is 2.43. The topological polar surface area (TPSA) is 78.4 Å². The Balaban J connectivity index is 3.46. The number of rotatable bonds is 5. The van der Waals surface area contributed by atoms with Crippen molar-refractivity contribution in [3.63, 3.8) is 0 Å². The maximum atomic E-state index is 10.8. The van der Waals surface area contributed by atoms with Gasteiger partial charge in [-0.15, -0.1) is 0 Å². The number of carboxylic acid groups (broad SMARTS) is 1. The summed E-state index contributed by atoms with van der Waals surface area (Å²) in [5, 5.41) is 13.0. The maximum absolute atomic E-state index is 10.8. The normalized spacial score (nSPS) is 9.92. The van der Waals surface area contributed by atoms with Gasteiger partial charge in [-0.1, -0.05) is 13.3 Å². The van der Waals surface area contributed by atoms with Gasteiger partial charge in [-0.3, -0.25) is 0 Å². The summed E-state index contributed by atoms with van der Waals surface area (Å²) in [7, 11) is 0. The quantitative estimate of drug-likeness (QED) is 0.436. The Hall–Kier alpha value is -1.52. The van der Waals surface area contributed by atoms with Gasteiger partial charge in [0.15, 0.2) is 0 Å². The van der Waals surface area contributed by atoms with Crippen LogP contribution in [0.1, 0.15) is 19.8 Å². The highest BCUT2D eigenvalue weighted by Gasteiger charge is 1.94. The highest BCUT2D eigenvalue weighted by atomic mass is 16.4. The van der Waals surface area contributed by atoms with Crippen molar-refractivity contribution in [2.24, 2.45) is 0 Å². The zero-order valence-electron chi connectivity index (χ0n) is 7.54. The molecule has 74 valence electrons. The van der Waals surface area contributed by atoms with Crippen LogP contribution in [0.15, 0.2) is 12.3 Å². The average Bonchev–Trinajstić information content (AvgIpc) is 2.04. The lowest BCUT2D eigenvalue weighted by Gasteiger charge is -2.01. The molecule has 0 atom stereocenters. The molecule has 0 aliphatic rings. The Morgan fingerprint density at radius 2 is 2.15 bits per heavy atom. The number of carbonyl (C=O) groups is 2. The maximum Gasteiger partial charge on any atom is 0.329 e. The lowest BCUT2D eigenvalue weighted by molar-refractivity contribution is -0.131. The van der Waals surface area contributed by atoms with E-state index < -0.39 is 5.97 Å². The number of urea groups is 1. The molecule has 0 fully saturated rings. The van der Waals surface area contributed by atoms with Crippen LogP contribution in [0.2, 0.25) is 0 Å². The molecule has 0 bridgehead atoms. The molecule has 0 aromatic rings. The number of aliphatic carboxylic acids is 1. The molecule has 0 saturated heterocycles. The summed E-state index contributed by atoms with van der Waals surface area (Å²) >= 11 is 0. The third kappa shape index (κ3) is 8.39. The Morgan fingerprint density at radius 1 is 1.46 bits per heavy atom. The fraction of sp³-hybridized carbons (Fsp3) is 0.500. The van der Waals surface area contributed by atoms with Gasteiger partial charge in [0.1, 0.15) is 0 Å². The van der Waals surface area contributed by atoms with Crippen molar-refractivity contribution < 1.29 is 14.7 Å². The smallest absolute Gasteiger partial charge is 0.329 e. The van der Waals surface area contributed by atoms with Crippen molar-refractivity contribution in [2.45, 2.75) is 19.8 Å². The fourth-order valence-electron chi connectivity index (χ4n) is 0.618. The fourth-order valence-corrected chi connectivity index (χ4v) is 0.618. The largest absolute Gasteiger partial charge is 0.478 e. The third-order valence-electron chi connectivity index (χ3n) is 1.26. The zero-order valence-corrected chi connectivity index (χ0v) is 7.54. The Kier molecular flexibility index (Phi) is 6.31. The first-order valence-corrected chi connectivity index (χ1v) is 4.10. The number of unbranched alkanes of at least 4 members (excludes halogenated alkanes) is 1. The van der Waals surface area contributed by atoms with E-state index in [0.29, 0.717) is 6.54 Å². The van der Waals surface area contributed by atoms with Gasteiger partial charge in [0.25, 0.3) is 0 Å². The Morgan fingerprint density at radius 3 is 2.69 bits per heavy atom. The first-order chi connectivity index (χ1) is 6.16. The predicted molar refractivity (Wildman–Crippen MR) is 48.2 cm³/mol. The van der Waals surface area contributed by atoms with Crippen molar-refractivity contribution in [1.82, 2.24) is 10.6 Å². The molecule has 0 aromatic carbocycles. The first kappa shape index (κ1) is 11.5. The molecule has 0 heterocycles. The van der Waals surface area contributed by atoms with Crippen LogP contribution < -0.4 is 10.6 Å². The molecule has 0 rings (SSSR count). The van der Waals surface area contributed by atoms with Crippen molar-refractivity contribution in [1.29, 1.82) is 0 Å². The van der Waals surface area contributed by atoms with Gasteiger partial charge in [0.2, 0.25) is 0 Å². The number of nitrogens with one attached hydrogen (secondary N) is 2. The van der Waals surface area contributed by atoms with Crippen molar-refractivity contribution in [2.75, 3.05) is 6.54 Å². The summed E-state index contributed by atoms with van der Waals surface area (Å²) in [6.07, 6.45) is 3.87. The molecule has 2 amide bonds. The zero-order chi connectivity index (χ0) is 10.1. The van der Waals surface area contributed by atoms with Crippen LogP contribution in [0.3, 0.4) is 0 Å². The first-order valence-electron chi connectivity index (χ1n) is 4.10. The molecule has 0 aliphatic heterocycles. The van der Waals surface area contributed by atoms with Crippen molar-refractivity contribution in [3.05, 3.63) is 12.3 Å². The van der Waals surface area contributed by atoms with E-state index in [1.807, 2.05) is 6.92 Å².